The first kappa shape index (κ1) is 24.6. The van der Waals surface area contributed by atoms with E-state index in [1.165, 1.54) is 61.5 Å². The topological polar surface area (TPSA) is 123 Å². The van der Waals surface area contributed by atoms with E-state index in [0.717, 1.165) is 11.0 Å². The number of carbonyl (C=O) groups excluding carboxylic acids is 1. The quantitative estimate of drug-likeness (QED) is 0.144. The summed E-state index contributed by atoms with van der Waals surface area (Å²) in [7, 11) is -2.70. The van der Waals surface area contributed by atoms with Gasteiger partial charge in [-0.05, 0) is 60.2 Å². The van der Waals surface area contributed by atoms with Crippen molar-refractivity contribution >= 4 is 56.6 Å². The predicted molar refractivity (Wildman–Crippen MR) is 135 cm³/mol. The molecule has 0 unspecified atom stereocenters. The van der Waals surface area contributed by atoms with Gasteiger partial charge in [0, 0.05) is 5.02 Å². The number of amides is 1. The zero-order valence-electron chi connectivity index (χ0n) is 18.3. The molecule has 0 bridgehead atoms. The molecule has 0 spiro atoms. The van der Waals surface area contributed by atoms with Crippen molar-refractivity contribution in [2.24, 2.45) is 5.10 Å². The normalized spacial score (nSPS) is 11.6. The molecule has 1 aromatic heterocycles. The number of ether oxygens (including phenoxy) is 1. The Balaban J connectivity index is 1.35. The summed E-state index contributed by atoms with van der Waals surface area (Å²) >= 11 is 7.07. The van der Waals surface area contributed by atoms with E-state index in [0.29, 0.717) is 15.7 Å². The van der Waals surface area contributed by atoms with Crippen molar-refractivity contribution in [3.63, 3.8) is 0 Å². The molecule has 3 aromatic carbocycles. The van der Waals surface area contributed by atoms with Crippen LogP contribution in [-0.2, 0) is 14.9 Å². The summed E-state index contributed by atoms with van der Waals surface area (Å²) in [6.07, 6.45) is 1.41. The molecular weight excluding hydrogens is 512 g/mol. The Kier molecular flexibility index (Phi) is 7.59. The summed E-state index contributed by atoms with van der Waals surface area (Å²) in [5.41, 5.74) is 4.73. The molecule has 0 aliphatic rings. The average molecular weight is 531 g/mol. The first-order valence-electron chi connectivity index (χ1n) is 10.1. The molecule has 0 saturated carbocycles. The summed E-state index contributed by atoms with van der Waals surface area (Å²) < 4.78 is 35.5. The van der Waals surface area contributed by atoms with Crippen LogP contribution in [0.3, 0.4) is 0 Å². The molecule has 4 rings (SSSR count). The van der Waals surface area contributed by atoms with Crippen LogP contribution in [0.25, 0.3) is 11.0 Å². The van der Waals surface area contributed by atoms with Gasteiger partial charge in [-0.2, -0.15) is 13.5 Å². The number of nitrogens with one attached hydrogen (secondary N) is 2. The number of hydrogen-bond acceptors (Lipinski definition) is 8. The van der Waals surface area contributed by atoms with E-state index in [-0.39, 0.29) is 28.1 Å². The van der Waals surface area contributed by atoms with E-state index in [9.17, 15) is 13.2 Å². The Morgan fingerprint density at radius 2 is 1.91 bits per heavy atom. The number of hydrogen-bond donors (Lipinski definition) is 2. The number of fused-ring (bicyclic) bond motifs is 1. The Labute approximate surface area is 210 Å². The standard InChI is InChI=1S/C23H19ClN4O5S2/c1-32-21-12-15(6-11-20(21)33-35(30,31)17-9-7-16(24)8-10-17)13-25-28-22(29)14-34-23-26-18-4-2-3-5-19(18)27-23/h2-13H,14H2,1H3,(H,26,27)(H,28,29)/b25-13-. The van der Waals surface area contributed by atoms with Crippen LogP contribution in [0.5, 0.6) is 11.5 Å². The highest BCUT2D eigenvalue weighted by molar-refractivity contribution is 7.99. The Bertz CT molecular complexity index is 1450. The average Bonchev–Trinajstić information content (AvgIpc) is 3.27. The van der Waals surface area contributed by atoms with Crippen LogP contribution < -0.4 is 14.3 Å². The number of rotatable bonds is 9. The van der Waals surface area contributed by atoms with Gasteiger partial charge in [-0.1, -0.05) is 35.5 Å². The highest BCUT2D eigenvalue weighted by Gasteiger charge is 2.19. The van der Waals surface area contributed by atoms with Crippen LogP contribution in [-0.4, -0.2) is 43.4 Å². The summed E-state index contributed by atoms with van der Waals surface area (Å²) in [6, 6.07) is 17.8. The first-order valence-corrected chi connectivity index (χ1v) is 12.9. The van der Waals surface area contributed by atoms with Gasteiger partial charge in [0.15, 0.2) is 16.7 Å². The number of hydrazone groups is 1. The summed E-state index contributed by atoms with van der Waals surface area (Å²) in [5, 5.41) is 4.98. The second-order valence-corrected chi connectivity index (χ2v) is 9.99. The molecule has 12 heteroatoms. The second-order valence-electron chi connectivity index (χ2n) is 7.04. The van der Waals surface area contributed by atoms with Gasteiger partial charge >= 0.3 is 10.1 Å². The molecule has 0 fully saturated rings. The minimum atomic E-state index is -4.08. The number of thioether (sulfide) groups is 1. The number of para-hydroxylation sites is 2. The third-order valence-electron chi connectivity index (χ3n) is 4.60. The first-order chi connectivity index (χ1) is 16.8. The number of methoxy groups -OCH3 is 1. The van der Waals surface area contributed by atoms with E-state index in [4.69, 9.17) is 20.5 Å². The highest BCUT2D eigenvalue weighted by atomic mass is 35.5. The number of aromatic nitrogens is 2. The zero-order chi connectivity index (χ0) is 24.8. The van der Waals surface area contributed by atoms with Crippen molar-refractivity contribution in [3.8, 4) is 11.5 Å². The fourth-order valence-corrected chi connectivity index (χ4v) is 4.69. The Morgan fingerprint density at radius 1 is 1.14 bits per heavy atom. The lowest BCUT2D eigenvalue weighted by atomic mass is 10.2. The van der Waals surface area contributed by atoms with Crippen molar-refractivity contribution < 1.29 is 22.1 Å². The molecule has 180 valence electrons. The maximum atomic E-state index is 12.5. The van der Waals surface area contributed by atoms with Gasteiger partial charge in [-0.25, -0.2) is 10.4 Å². The smallest absolute Gasteiger partial charge is 0.339 e. The second kappa shape index (κ2) is 10.8. The predicted octanol–water partition coefficient (Wildman–Crippen LogP) is 4.24. The number of imidazole rings is 1. The maximum absolute atomic E-state index is 12.5. The van der Waals surface area contributed by atoms with Crippen molar-refractivity contribution in [1.82, 2.24) is 15.4 Å². The summed E-state index contributed by atoms with van der Waals surface area (Å²) in [4.78, 5) is 19.6. The zero-order valence-corrected chi connectivity index (χ0v) is 20.7. The van der Waals surface area contributed by atoms with Crippen LogP contribution in [0.2, 0.25) is 5.02 Å². The maximum Gasteiger partial charge on any atom is 0.339 e. The number of halogens is 1. The van der Waals surface area contributed by atoms with Crippen molar-refractivity contribution in [2.45, 2.75) is 10.1 Å². The van der Waals surface area contributed by atoms with Crippen molar-refractivity contribution in [3.05, 3.63) is 77.3 Å². The van der Waals surface area contributed by atoms with Gasteiger partial charge in [-0.3, -0.25) is 4.79 Å². The lowest BCUT2D eigenvalue weighted by molar-refractivity contribution is -0.118. The molecule has 0 aliphatic carbocycles. The van der Waals surface area contributed by atoms with Gasteiger partial charge in [0.25, 0.3) is 5.91 Å². The molecule has 1 heterocycles. The van der Waals surface area contributed by atoms with Gasteiger partial charge in [0.2, 0.25) is 0 Å². The number of nitrogens with zero attached hydrogens (tertiary/aromatic N) is 2. The van der Waals surface area contributed by atoms with Crippen LogP contribution in [0.4, 0.5) is 0 Å². The lowest BCUT2D eigenvalue weighted by Gasteiger charge is -2.11. The fraction of sp³-hybridized carbons (Fsp3) is 0.0870. The largest absolute Gasteiger partial charge is 0.493 e. The van der Waals surface area contributed by atoms with Crippen LogP contribution in [0.15, 0.2) is 81.9 Å². The SMILES string of the molecule is COc1cc(/C=N\NC(=O)CSc2nc3ccccc3[nH]2)ccc1OS(=O)(=O)c1ccc(Cl)cc1. The van der Waals surface area contributed by atoms with E-state index in [1.54, 1.807) is 6.07 Å². The molecular formula is C23H19ClN4O5S2. The van der Waals surface area contributed by atoms with Gasteiger partial charge in [0.05, 0.1) is 30.1 Å². The molecule has 0 saturated heterocycles. The molecule has 1 amide bonds. The molecule has 35 heavy (non-hydrogen) atoms. The minimum Gasteiger partial charge on any atom is -0.493 e. The molecule has 4 aromatic rings. The summed E-state index contributed by atoms with van der Waals surface area (Å²) in [6.45, 7) is 0. The van der Waals surface area contributed by atoms with Crippen molar-refractivity contribution in [1.29, 1.82) is 0 Å². The summed E-state index contributed by atoms with van der Waals surface area (Å²) in [5.74, 6) is -0.00710. The third-order valence-corrected chi connectivity index (χ3v) is 6.97. The van der Waals surface area contributed by atoms with Crippen LogP contribution in [0.1, 0.15) is 5.56 Å². The number of benzene rings is 3. The number of aromatic amines is 1. The third kappa shape index (κ3) is 6.32. The molecule has 0 radical (unpaired) electrons. The van der Waals surface area contributed by atoms with Gasteiger partial charge < -0.3 is 13.9 Å². The lowest BCUT2D eigenvalue weighted by Crippen LogP contribution is -2.19. The van der Waals surface area contributed by atoms with Crippen LogP contribution >= 0.6 is 23.4 Å². The van der Waals surface area contributed by atoms with Crippen LogP contribution in [0, 0.1) is 0 Å². The molecule has 9 nitrogen and oxygen atoms in total. The van der Waals surface area contributed by atoms with Gasteiger partial charge in [0.1, 0.15) is 4.90 Å². The van der Waals surface area contributed by atoms with E-state index in [2.05, 4.69) is 20.5 Å². The monoisotopic (exact) mass is 530 g/mol. The molecule has 0 atom stereocenters. The Hall–Kier alpha value is -3.54. The fourth-order valence-electron chi connectivity index (χ4n) is 2.94. The van der Waals surface area contributed by atoms with E-state index < -0.39 is 10.1 Å². The number of H-pyrrole nitrogens is 1. The van der Waals surface area contributed by atoms with Crippen molar-refractivity contribution in [2.75, 3.05) is 12.9 Å². The Morgan fingerprint density at radius 3 is 2.66 bits per heavy atom. The van der Waals surface area contributed by atoms with E-state index in [1.807, 2.05) is 24.3 Å². The molecule has 0 aliphatic heterocycles. The minimum absolute atomic E-state index is 0.00544. The van der Waals surface area contributed by atoms with E-state index >= 15 is 0 Å². The molecule has 2 N–H and O–H groups in total. The van der Waals surface area contributed by atoms with Gasteiger partial charge in [-0.15, -0.1) is 0 Å². The highest BCUT2D eigenvalue weighted by Crippen LogP contribution is 2.30. The number of carbonyl (C=O) groups is 1.